The predicted molar refractivity (Wildman–Crippen MR) is 250 cm³/mol. The van der Waals surface area contributed by atoms with Crippen LogP contribution < -0.4 is 4.90 Å². The third-order valence-corrected chi connectivity index (χ3v) is 13.7. The van der Waals surface area contributed by atoms with E-state index in [2.05, 4.69) is 211 Å². The molecule has 8 aromatic carbocycles. The van der Waals surface area contributed by atoms with E-state index in [0.29, 0.717) is 0 Å². The Balaban J connectivity index is 0.989. The van der Waals surface area contributed by atoms with Crippen LogP contribution in [0.3, 0.4) is 0 Å². The molecule has 9 aromatic rings. The minimum atomic E-state index is 0.261. The maximum absolute atomic E-state index is 2.53. The van der Waals surface area contributed by atoms with Crippen LogP contribution in [0, 0.1) is 17.8 Å². The minimum Gasteiger partial charge on any atom is -0.310 e. The van der Waals surface area contributed by atoms with Crippen LogP contribution in [-0.2, 0) is 5.41 Å². The first-order chi connectivity index (χ1) is 29.0. The standard InChI is InChI=1S/C57H50N2/c1-39-32-41-33-40(2)37-57(36-39,38-41)47-16-11-18-51(35-47)58(48-27-22-43(23-28-48)42-12-4-3-5-13-42)49-29-24-44(25-30-49)46-15-10-17-50(34-46)59-54-21-9-8-20-53(54)56-52-19-7-6-14-45(52)26-31-55(56)59/h3-31,34-35,39-41H,32-33,36-38H2,1-2H3/t39-,40-,41?,57?/m0/s1. The summed E-state index contributed by atoms with van der Waals surface area (Å²) in [4.78, 5) is 2.47. The van der Waals surface area contributed by atoms with Gasteiger partial charge in [-0.05, 0) is 155 Å². The van der Waals surface area contributed by atoms with Crippen LogP contribution in [-0.4, -0.2) is 4.57 Å². The van der Waals surface area contributed by atoms with E-state index in [1.165, 1.54) is 110 Å². The summed E-state index contributed by atoms with van der Waals surface area (Å²) in [5, 5.41) is 5.15. The van der Waals surface area contributed by atoms with Crippen molar-refractivity contribution < 1.29 is 0 Å². The molecule has 2 heteroatoms. The molecule has 2 fully saturated rings. The van der Waals surface area contributed by atoms with Gasteiger partial charge in [-0.15, -0.1) is 0 Å². The molecule has 2 saturated carbocycles. The van der Waals surface area contributed by atoms with Gasteiger partial charge in [-0.1, -0.05) is 141 Å². The largest absolute Gasteiger partial charge is 0.310 e. The van der Waals surface area contributed by atoms with Crippen molar-refractivity contribution in [3.05, 3.63) is 194 Å². The molecule has 0 N–H and O–H groups in total. The number of hydrogen-bond acceptors (Lipinski definition) is 1. The van der Waals surface area contributed by atoms with E-state index >= 15 is 0 Å². The molecule has 59 heavy (non-hydrogen) atoms. The lowest BCUT2D eigenvalue weighted by atomic mass is 9.54. The lowest BCUT2D eigenvalue weighted by Gasteiger charge is -2.50. The fraction of sp³-hybridized carbons (Fsp3) is 0.193. The van der Waals surface area contributed by atoms with Gasteiger partial charge in [0, 0.05) is 33.5 Å². The Labute approximate surface area is 348 Å². The average molecular weight is 763 g/mol. The highest BCUT2D eigenvalue weighted by molar-refractivity contribution is 6.21. The second-order valence-corrected chi connectivity index (χ2v) is 17.9. The molecule has 288 valence electrons. The first-order valence-corrected chi connectivity index (χ1v) is 21.7. The lowest BCUT2D eigenvalue weighted by molar-refractivity contribution is 0.0780. The number of anilines is 3. The van der Waals surface area contributed by atoms with Crippen LogP contribution in [0.5, 0.6) is 0 Å². The van der Waals surface area contributed by atoms with E-state index in [0.717, 1.165) is 23.4 Å². The highest BCUT2D eigenvalue weighted by Gasteiger charge is 2.45. The molecule has 0 aliphatic heterocycles. The number of benzene rings is 8. The van der Waals surface area contributed by atoms with Gasteiger partial charge in [0.1, 0.15) is 0 Å². The molecular formula is C57H50N2. The Kier molecular flexibility index (Phi) is 8.77. The van der Waals surface area contributed by atoms with Crippen molar-refractivity contribution in [3.8, 4) is 27.9 Å². The molecule has 0 amide bonds. The van der Waals surface area contributed by atoms with Crippen molar-refractivity contribution in [1.29, 1.82) is 0 Å². The molecule has 2 aliphatic carbocycles. The Morgan fingerprint density at radius 3 is 1.81 bits per heavy atom. The fourth-order valence-electron chi connectivity index (χ4n) is 11.6. The molecule has 1 heterocycles. The molecule has 0 spiro atoms. The van der Waals surface area contributed by atoms with Crippen LogP contribution in [0.25, 0.3) is 60.5 Å². The fourth-order valence-corrected chi connectivity index (χ4v) is 11.6. The van der Waals surface area contributed by atoms with Gasteiger partial charge in [-0.25, -0.2) is 0 Å². The van der Waals surface area contributed by atoms with E-state index in [1.807, 2.05) is 0 Å². The van der Waals surface area contributed by atoms with Crippen LogP contribution in [0.15, 0.2) is 188 Å². The number of nitrogens with zero attached hydrogens (tertiary/aromatic N) is 2. The molecule has 2 atom stereocenters. The maximum atomic E-state index is 2.53. The third kappa shape index (κ3) is 6.34. The zero-order chi connectivity index (χ0) is 39.5. The topological polar surface area (TPSA) is 8.17 Å². The van der Waals surface area contributed by atoms with Crippen molar-refractivity contribution >= 4 is 49.6 Å². The second-order valence-electron chi connectivity index (χ2n) is 17.9. The Morgan fingerprint density at radius 1 is 0.458 bits per heavy atom. The highest BCUT2D eigenvalue weighted by Crippen LogP contribution is 2.55. The van der Waals surface area contributed by atoms with Crippen molar-refractivity contribution in [2.75, 3.05) is 4.90 Å². The van der Waals surface area contributed by atoms with Crippen LogP contribution in [0.1, 0.15) is 51.5 Å². The normalized spacial score (nSPS) is 20.3. The molecule has 11 rings (SSSR count). The molecule has 2 bridgehead atoms. The first kappa shape index (κ1) is 35.8. The van der Waals surface area contributed by atoms with Crippen LogP contribution in [0.2, 0.25) is 0 Å². The summed E-state index contributed by atoms with van der Waals surface area (Å²) in [5.74, 6) is 2.38. The van der Waals surface area contributed by atoms with Gasteiger partial charge >= 0.3 is 0 Å². The molecule has 0 unspecified atom stereocenters. The summed E-state index contributed by atoms with van der Waals surface area (Å²) in [6.45, 7) is 4.98. The van der Waals surface area contributed by atoms with Crippen molar-refractivity contribution in [2.24, 2.45) is 17.8 Å². The van der Waals surface area contributed by atoms with E-state index in [4.69, 9.17) is 0 Å². The Hall–Kier alpha value is -6.38. The van der Waals surface area contributed by atoms with E-state index in [-0.39, 0.29) is 5.41 Å². The number of fused-ring (bicyclic) bond motifs is 7. The van der Waals surface area contributed by atoms with E-state index in [9.17, 15) is 0 Å². The van der Waals surface area contributed by atoms with Crippen molar-refractivity contribution in [2.45, 2.75) is 51.4 Å². The Bertz CT molecular complexity index is 2940. The summed E-state index contributed by atoms with van der Waals surface area (Å²) in [7, 11) is 0. The van der Waals surface area contributed by atoms with Gasteiger partial charge in [0.25, 0.3) is 0 Å². The molecule has 2 aliphatic rings. The van der Waals surface area contributed by atoms with Crippen molar-refractivity contribution in [1.82, 2.24) is 4.57 Å². The zero-order valence-electron chi connectivity index (χ0n) is 34.1. The van der Waals surface area contributed by atoms with E-state index < -0.39 is 0 Å². The number of para-hydroxylation sites is 1. The molecule has 0 saturated heterocycles. The zero-order valence-corrected chi connectivity index (χ0v) is 34.1. The number of aromatic nitrogens is 1. The van der Waals surface area contributed by atoms with E-state index in [1.54, 1.807) is 0 Å². The van der Waals surface area contributed by atoms with Gasteiger partial charge in [-0.2, -0.15) is 0 Å². The molecule has 0 radical (unpaired) electrons. The van der Waals surface area contributed by atoms with Gasteiger partial charge in [0.15, 0.2) is 0 Å². The third-order valence-electron chi connectivity index (χ3n) is 13.7. The SMILES string of the molecule is C[C@H]1CC2C[C@H](C)CC(c3cccc(N(c4ccc(-c5ccccc5)cc4)c4ccc(-c5cccc(-n6c7ccccc7c7c8ccccc8ccc76)c5)cc4)c3)(C2)C1. The van der Waals surface area contributed by atoms with Gasteiger partial charge in [0.05, 0.1) is 11.0 Å². The van der Waals surface area contributed by atoms with Gasteiger partial charge in [-0.3, -0.25) is 0 Å². The van der Waals surface area contributed by atoms with Gasteiger partial charge in [0.2, 0.25) is 0 Å². The monoisotopic (exact) mass is 762 g/mol. The maximum Gasteiger partial charge on any atom is 0.0547 e. The molecule has 1 aromatic heterocycles. The quantitative estimate of drug-likeness (QED) is 0.157. The summed E-state index contributed by atoms with van der Waals surface area (Å²) in [6, 6.07) is 69.8. The summed E-state index contributed by atoms with van der Waals surface area (Å²) >= 11 is 0. The summed E-state index contributed by atoms with van der Waals surface area (Å²) < 4.78 is 2.44. The van der Waals surface area contributed by atoms with Crippen molar-refractivity contribution in [3.63, 3.8) is 0 Å². The average Bonchev–Trinajstić information content (AvgIpc) is 3.62. The molecule has 2 nitrogen and oxygen atoms in total. The van der Waals surface area contributed by atoms with Crippen LogP contribution in [0.4, 0.5) is 17.1 Å². The van der Waals surface area contributed by atoms with Gasteiger partial charge < -0.3 is 9.47 Å². The summed E-state index contributed by atoms with van der Waals surface area (Å²) in [6.07, 6.45) is 6.69. The summed E-state index contributed by atoms with van der Waals surface area (Å²) in [5.41, 5.74) is 13.8. The smallest absolute Gasteiger partial charge is 0.0547 e. The Morgan fingerprint density at radius 2 is 1.07 bits per heavy atom. The number of hydrogen-bond donors (Lipinski definition) is 0. The second kappa shape index (κ2) is 14.5. The molecular weight excluding hydrogens is 713 g/mol. The van der Waals surface area contributed by atoms with Crippen LogP contribution >= 0.6 is 0 Å². The lowest BCUT2D eigenvalue weighted by Crippen LogP contribution is -2.42. The highest BCUT2D eigenvalue weighted by atomic mass is 15.1. The first-order valence-electron chi connectivity index (χ1n) is 21.7. The predicted octanol–water partition coefficient (Wildman–Crippen LogP) is 15.8. The minimum absolute atomic E-state index is 0.261. The number of rotatable bonds is 7.